The summed E-state index contributed by atoms with van der Waals surface area (Å²) in [4.78, 5) is 22.2. The molecule has 7 heteroatoms. The van der Waals surface area contributed by atoms with Crippen LogP contribution >= 0.6 is 11.3 Å². The van der Waals surface area contributed by atoms with Crippen molar-refractivity contribution >= 4 is 11.3 Å². The molecule has 0 saturated heterocycles. The predicted octanol–water partition coefficient (Wildman–Crippen LogP) is 2.60. The fourth-order valence-electron chi connectivity index (χ4n) is 2.44. The zero-order valence-corrected chi connectivity index (χ0v) is 13.4. The van der Waals surface area contributed by atoms with E-state index >= 15 is 0 Å². The summed E-state index contributed by atoms with van der Waals surface area (Å²) in [6.45, 7) is 0.325. The lowest BCUT2D eigenvalue weighted by atomic mass is 10.3. The van der Waals surface area contributed by atoms with Gasteiger partial charge in [-0.3, -0.25) is 9.97 Å². The molecule has 0 aliphatic heterocycles. The van der Waals surface area contributed by atoms with Crippen LogP contribution in [0.1, 0.15) is 5.69 Å². The minimum atomic E-state index is -0.211. The molecule has 0 unspecified atom stereocenters. The number of aromatic nitrogens is 5. The Balaban J connectivity index is 1.87. The number of hydrogen-bond donors (Lipinski definition) is 0. The van der Waals surface area contributed by atoms with Crippen molar-refractivity contribution in [2.45, 2.75) is 6.54 Å². The Hall–Kier alpha value is -3.06. The molecule has 0 bridgehead atoms. The van der Waals surface area contributed by atoms with E-state index < -0.39 is 0 Å². The van der Waals surface area contributed by atoms with Gasteiger partial charge in [0.15, 0.2) is 5.82 Å². The van der Waals surface area contributed by atoms with Crippen molar-refractivity contribution in [1.82, 2.24) is 24.3 Å². The molecule has 0 atom stereocenters. The molecular weight excluding hydrogens is 322 g/mol. The van der Waals surface area contributed by atoms with Crippen LogP contribution in [-0.4, -0.2) is 24.3 Å². The van der Waals surface area contributed by atoms with Gasteiger partial charge in [0.05, 0.1) is 29.0 Å². The first kappa shape index (κ1) is 14.5. The lowest BCUT2D eigenvalue weighted by Gasteiger charge is -2.02. The minimum absolute atomic E-state index is 0.211. The highest BCUT2D eigenvalue weighted by molar-refractivity contribution is 7.13. The van der Waals surface area contributed by atoms with Crippen LogP contribution < -0.4 is 5.69 Å². The van der Waals surface area contributed by atoms with E-state index in [1.165, 1.54) is 4.68 Å². The quantitative estimate of drug-likeness (QED) is 0.575. The van der Waals surface area contributed by atoms with Gasteiger partial charge in [-0.2, -0.15) is 0 Å². The maximum Gasteiger partial charge on any atom is 0.351 e. The predicted molar refractivity (Wildman–Crippen MR) is 92.3 cm³/mol. The van der Waals surface area contributed by atoms with E-state index in [0.717, 1.165) is 10.6 Å². The molecule has 0 fully saturated rings. The molecule has 6 nitrogen and oxygen atoms in total. The van der Waals surface area contributed by atoms with E-state index in [1.54, 1.807) is 40.6 Å². The lowest BCUT2D eigenvalue weighted by molar-refractivity contribution is 0.642. The molecule has 0 aromatic carbocycles. The van der Waals surface area contributed by atoms with E-state index in [4.69, 9.17) is 0 Å². The normalized spacial score (nSPS) is 10.8. The fraction of sp³-hybridized carbons (Fsp3) is 0.0588. The van der Waals surface area contributed by atoms with Crippen LogP contribution in [0.25, 0.3) is 16.4 Å². The zero-order chi connectivity index (χ0) is 16.4. The Morgan fingerprint density at radius 2 is 2.00 bits per heavy atom. The molecule has 0 spiro atoms. The van der Waals surface area contributed by atoms with Gasteiger partial charge < -0.3 is 0 Å². The molecule has 4 aromatic heterocycles. The summed E-state index contributed by atoms with van der Waals surface area (Å²) in [5, 5.41) is 6.50. The summed E-state index contributed by atoms with van der Waals surface area (Å²) in [5.41, 5.74) is 1.27. The third-order valence-corrected chi connectivity index (χ3v) is 4.39. The zero-order valence-electron chi connectivity index (χ0n) is 12.6. The molecule has 0 radical (unpaired) electrons. The summed E-state index contributed by atoms with van der Waals surface area (Å²) in [6, 6.07) is 13.2. The molecular formula is C17H13N5OS. The summed E-state index contributed by atoms with van der Waals surface area (Å²) >= 11 is 1.54. The van der Waals surface area contributed by atoms with Crippen LogP contribution in [0.3, 0.4) is 0 Å². The average Bonchev–Trinajstić information content (AvgIpc) is 3.26. The minimum Gasteiger partial charge on any atom is -0.263 e. The number of thiophene rings is 1. The summed E-state index contributed by atoms with van der Waals surface area (Å²) < 4.78 is 3.02. The smallest absolute Gasteiger partial charge is 0.263 e. The molecule has 0 saturated carbocycles. The third-order valence-electron chi connectivity index (χ3n) is 3.52. The first-order valence-corrected chi connectivity index (χ1v) is 8.25. The first-order chi connectivity index (χ1) is 11.8. The average molecular weight is 335 g/mol. The molecule has 0 N–H and O–H groups in total. The van der Waals surface area contributed by atoms with E-state index in [-0.39, 0.29) is 5.69 Å². The third kappa shape index (κ3) is 2.65. The van der Waals surface area contributed by atoms with Gasteiger partial charge in [0.1, 0.15) is 0 Å². The van der Waals surface area contributed by atoms with Gasteiger partial charge in [0.2, 0.25) is 0 Å². The number of hydrogen-bond acceptors (Lipinski definition) is 5. The molecule has 0 aliphatic rings. The van der Waals surface area contributed by atoms with Crippen LogP contribution in [0, 0.1) is 0 Å². The van der Waals surface area contributed by atoms with Crippen molar-refractivity contribution in [3.63, 3.8) is 0 Å². The van der Waals surface area contributed by atoms with Gasteiger partial charge in [0, 0.05) is 12.4 Å². The standard InChI is InChI=1S/C17H13N5OS/c23-17-21(12-13-5-1-2-9-19-13)20-16(15-7-4-10-24-15)22(17)14-6-3-8-18-11-14/h1-11H,12H2. The van der Waals surface area contributed by atoms with Crippen molar-refractivity contribution in [3.05, 3.63) is 82.6 Å². The Labute approximate surface area is 141 Å². The van der Waals surface area contributed by atoms with Crippen molar-refractivity contribution < 1.29 is 0 Å². The van der Waals surface area contributed by atoms with E-state index in [0.29, 0.717) is 18.1 Å². The monoisotopic (exact) mass is 335 g/mol. The van der Waals surface area contributed by atoms with Gasteiger partial charge in [-0.05, 0) is 35.7 Å². The number of nitrogens with zero attached hydrogens (tertiary/aromatic N) is 5. The Kier molecular flexibility index (Phi) is 3.76. The number of rotatable bonds is 4. The maximum atomic E-state index is 12.9. The summed E-state index contributed by atoms with van der Waals surface area (Å²) in [6.07, 6.45) is 5.04. The molecule has 24 heavy (non-hydrogen) atoms. The maximum absolute atomic E-state index is 12.9. The SMILES string of the molecule is O=c1n(Cc2ccccn2)nc(-c2cccs2)n1-c1cccnc1. The van der Waals surface area contributed by atoms with Crippen LogP contribution in [0.15, 0.2) is 71.2 Å². The lowest BCUT2D eigenvalue weighted by Crippen LogP contribution is -2.25. The van der Waals surface area contributed by atoms with Crippen LogP contribution in [0.2, 0.25) is 0 Å². The van der Waals surface area contributed by atoms with Crippen molar-refractivity contribution in [3.8, 4) is 16.4 Å². The largest absolute Gasteiger partial charge is 0.351 e. The Morgan fingerprint density at radius 3 is 2.71 bits per heavy atom. The highest BCUT2D eigenvalue weighted by Crippen LogP contribution is 2.23. The molecule has 4 aromatic rings. The second-order valence-electron chi connectivity index (χ2n) is 5.11. The van der Waals surface area contributed by atoms with Gasteiger partial charge in [-0.15, -0.1) is 16.4 Å². The summed E-state index contributed by atoms with van der Waals surface area (Å²) in [5.74, 6) is 0.610. The van der Waals surface area contributed by atoms with Gasteiger partial charge in [-0.1, -0.05) is 12.1 Å². The molecule has 118 valence electrons. The second kappa shape index (κ2) is 6.21. The van der Waals surface area contributed by atoms with Crippen LogP contribution in [0.5, 0.6) is 0 Å². The Morgan fingerprint density at radius 1 is 1.04 bits per heavy atom. The van der Waals surface area contributed by atoms with Gasteiger partial charge in [0.25, 0.3) is 0 Å². The molecule has 4 heterocycles. The molecule has 0 aliphatic carbocycles. The molecule has 0 amide bonds. The van der Waals surface area contributed by atoms with Crippen LogP contribution in [-0.2, 0) is 6.54 Å². The highest BCUT2D eigenvalue weighted by atomic mass is 32.1. The second-order valence-corrected chi connectivity index (χ2v) is 6.06. The molecule has 4 rings (SSSR count). The van der Waals surface area contributed by atoms with Crippen molar-refractivity contribution in [1.29, 1.82) is 0 Å². The van der Waals surface area contributed by atoms with Crippen molar-refractivity contribution in [2.24, 2.45) is 0 Å². The fourth-order valence-corrected chi connectivity index (χ4v) is 3.14. The highest BCUT2D eigenvalue weighted by Gasteiger charge is 2.17. The summed E-state index contributed by atoms with van der Waals surface area (Å²) in [7, 11) is 0. The van der Waals surface area contributed by atoms with E-state index in [2.05, 4.69) is 15.1 Å². The van der Waals surface area contributed by atoms with Gasteiger partial charge in [-0.25, -0.2) is 14.0 Å². The topological polar surface area (TPSA) is 65.6 Å². The van der Waals surface area contributed by atoms with E-state index in [1.807, 2.05) is 41.8 Å². The van der Waals surface area contributed by atoms with Crippen LogP contribution in [0.4, 0.5) is 0 Å². The first-order valence-electron chi connectivity index (χ1n) is 7.37. The van der Waals surface area contributed by atoms with Gasteiger partial charge >= 0.3 is 5.69 Å². The number of pyridine rings is 2. The van der Waals surface area contributed by atoms with Crippen molar-refractivity contribution in [2.75, 3.05) is 0 Å². The Bertz CT molecular complexity index is 991. The van der Waals surface area contributed by atoms with E-state index in [9.17, 15) is 4.79 Å².